The second kappa shape index (κ2) is 11.3. The van der Waals surface area contributed by atoms with Crippen molar-refractivity contribution in [2.24, 2.45) is 0 Å². The maximum absolute atomic E-state index is 16.0. The number of anilines is 1. The Hall–Kier alpha value is -4.67. The SMILES string of the molecule is C=CC(=O)N1CCN(c2nc(=O)n(-c3c(C(C)C)ncnc3C(C)C)c3c2cc(F)c(-c2ccccc2)[n+]3O)[C@@H](C)C1. The summed E-state index contributed by atoms with van der Waals surface area (Å²) in [4.78, 5) is 43.5. The van der Waals surface area contributed by atoms with Gasteiger partial charge in [-0.3, -0.25) is 4.79 Å². The molecule has 4 aromatic rings. The van der Waals surface area contributed by atoms with Crippen molar-refractivity contribution >= 4 is 22.8 Å². The first-order valence-electron chi connectivity index (χ1n) is 14.0. The molecule has 5 rings (SSSR count). The van der Waals surface area contributed by atoms with E-state index in [9.17, 15) is 14.8 Å². The summed E-state index contributed by atoms with van der Waals surface area (Å²) in [6, 6.07) is 9.71. The molecule has 0 radical (unpaired) electrons. The molecule has 0 saturated carbocycles. The molecule has 0 bridgehead atoms. The van der Waals surface area contributed by atoms with E-state index in [0.717, 1.165) is 4.73 Å². The lowest BCUT2D eigenvalue weighted by Gasteiger charge is -2.40. The molecule has 11 heteroatoms. The first-order chi connectivity index (χ1) is 20.0. The number of pyridine rings is 1. The molecule has 1 N–H and O–H groups in total. The third-order valence-corrected chi connectivity index (χ3v) is 7.63. The van der Waals surface area contributed by atoms with Gasteiger partial charge in [0.2, 0.25) is 11.6 Å². The van der Waals surface area contributed by atoms with Crippen LogP contribution in [0.25, 0.3) is 28.0 Å². The Morgan fingerprint density at radius 2 is 1.76 bits per heavy atom. The average molecular weight is 573 g/mol. The summed E-state index contributed by atoms with van der Waals surface area (Å²) in [6.07, 6.45) is 2.74. The molecule has 218 valence electrons. The topological polar surface area (TPSA) is 108 Å². The fourth-order valence-electron chi connectivity index (χ4n) is 5.61. The lowest BCUT2D eigenvalue weighted by atomic mass is 10.0. The highest BCUT2D eigenvalue weighted by molar-refractivity contribution is 5.89. The zero-order valence-corrected chi connectivity index (χ0v) is 24.5. The number of amides is 1. The summed E-state index contributed by atoms with van der Waals surface area (Å²) in [5.74, 6) is -0.847. The van der Waals surface area contributed by atoms with Crippen LogP contribution in [-0.2, 0) is 4.79 Å². The van der Waals surface area contributed by atoms with Gasteiger partial charge in [-0.2, -0.15) is 4.98 Å². The van der Waals surface area contributed by atoms with Gasteiger partial charge in [0.25, 0.3) is 0 Å². The van der Waals surface area contributed by atoms with Gasteiger partial charge in [0.1, 0.15) is 11.7 Å². The van der Waals surface area contributed by atoms with Gasteiger partial charge < -0.3 is 15.0 Å². The van der Waals surface area contributed by atoms with Gasteiger partial charge in [-0.05, 0) is 35.6 Å². The molecule has 10 nitrogen and oxygen atoms in total. The Morgan fingerprint density at radius 1 is 1.12 bits per heavy atom. The predicted octanol–water partition coefficient (Wildman–Crippen LogP) is 3.98. The monoisotopic (exact) mass is 572 g/mol. The smallest absolute Gasteiger partial charge is 0.349 e. The van der Waals surface area contributed by atoms with E-state index in [2.05, 4.69) is 21.5 Å². The van der Waals surface area contributed by atoms with E-state index in [4.69, 9.17) is 0 Å². The van der Waals surface area contributed by atoms with Crippen LogP contribution in [0, 0.1) is 5.82 Å². The Morgan fingerprint density at radius 3 is 2.33 bits per heavy atom. The number of benzene rings is 1. The quantitative estimate of drug-likeness (QED) is 0.212. The molecular weight excluding hydrogens is 537 g/mol. The van der Waals surface area contributed by atoms with E-state index in [1.54, 1.807) is 35.2 Å². The molecule has 1 amide bonds. The fourth-order valence-corrected chi connectivity index (χ4v) is 5.61. The fraction of sp³-hybridized carbons (Fsp3) is 0.355. The number of halogens is 1. The van der Waals surface area contributed by atoms with Crippen molar-refractivity contribution in [2.75, 3.05) is 24.5 Å². The third-order valence-electron chi connectivity index (χ3n) is 7.63. The van der Waals surface area contributed by atoms with E-state index in [1.165, 1.54) is 23.0 Å². The first-order valence-corrected chi connectivity index (χ1v) is 14.0. The minimum absolute atomic E-state index is 0.0423. The summed E-state index contributed by atoms with van der Waals surface area (Å²) in [6.45, 7) is 14.4. The van der Waals surface area contributed by atoms with E-state index in [0.29, 0.717) is 42.3 Å². The van der Waals surface area contributed by atoms with Gasteiger partial charge in [0.15, 0.2) is 17.3 Å². The Labute approximate surface area is 243 Å². The molecule has 0 unspecified atom stereocenters. The first kappa shape index (κ1) is 28.8. The number of hydrogen-bond acceptors (Lipinski definition) is 7. The van der Waals surface area contributed by atoms with Crippen LogP contribution >= 0.6 is 0 Å². The van der Waals surface area contributed by atoms with Gasteiger partial charge in [0, 0.05) is 31.2 Å². The van der Waals surface area contributed by atoms with Gasteiger partial charge in [-0.25, -0.2) is 19.2 Å². The van der Waals surface area contributed by atoms with Crippen molar-refractivity contribution in [3.05, 3.63) is 83.1 Å². The molecular formula is C31H35FN7O3+. The number of piperazine rings is 1. The van der Waals surface area contributed by atoms with Gasteiger partial charge in [-0.15, -0.1) is 4.57 Å². The minimum atomic E-state index is -0.685. The summed E-state index contributed by atoms with van der Waals surface area (Å²) in [7, 11) is 0. The molecule has 0 spiro atoms. The van der Waals surface area contributed by atoms with E-state index in [1.807, 2.05) is 39.5 Å². The molecule has 1 aliphatic heterocycles. The van der Waals surface area contributed by atoms with Crippen LogP contribution in [0.1, 0.15) is 57.8 Å². The third kappa shape index (κ3) is 4.88. The molecule has 0 aliphatic carbocycles. The van der Waals surface area contributed by atoms with Crippen molar-refractivity contribution in [3.63, 3.8) is 0 Å². The van der Waals surface area contributed by atoms with Crippen molar-refractivity contribution < 1.29 is 19.1 Å². The molecule has 1 saturated heterocycles. The molecule has 1 aliphatic rings. The van der Waals surface area contributed by atoms with Crippen LogP contribution in [-0.4, -0.2) is 61.2 Å². The van der Waals surface area contributed by atoms with Crippen LogP contribution in [0.5, 0.6) is 0 Å². The number of hydrogen-bond donors (Lipinski definition) is 1. The lowest BCUT2D eigenvalue weighted by molar-refractivity contribution is -0.878. The highest BCUT2D eigenvalue weighted by Gasteiger charge is 2.36. The van der Waals surface area contributed by atoms with Crippen LogP contribution in [0.15, 0.2) is 60.2 Å². The van der Waals surface area contributed by atoms with Gasteiger partial charge in [0.05, 0.1) is 11.4 Å². The van der Waals surface area contributed by atoms with E-state index >= 15 is 4.39 Å². The zero-order chi connectivity index (χ0) is 30.3. The summed E-state index contributed by atoms with van der Waals surface area (Å²) < 4.78 is 18.0. The van der Waals surface area contributed by atoms with Crippen molar-refractivity contribution in [1.82, 2.24) is 24.4 Å². The molecule has 1 fully saturated rings. The van der Waals surface area contributed by atoms with Gasteiger partial charge in [-0.1, -0.05) is 64.6 Å². The number of rotatable bonds is 6. The normalized spacial score (nSPS) is 15.6. The van der Waals surface area contributed by atoms with Crippen LogP contribution < -0.4 is 15.3 Å². The molecule has 1 atom stereocenters. The maximum atomic E-state index is 16.0. The van der Waals surface area contributed by atoms with Crippen LogP contribution in [0.2, 0.25) is 0 Å². The number of carbonyl (C=O) groups is 1. The second-order valence-corrected chi connectivity index (χ2v) is 11.1. The van der Waals surface area contributed by atoms with Crippen LogP contribution in [0.4, 0.5) is 10.2 Å². The standard InChI is InChI=1S/C31H35FN7O3/c1-7-24(40)36-13-14-37(20(6)16-36)29-22-15-23(32)27(21-11-9-8-10-12-21)39(42)30(22)38(31(41)35-29)28-25(18(2)3)33-17-34-26(28)19(4)5/h7-12,15,17-20,42H,1,13-14,16H2,2-6H3/q+1/t20-/m0/s1. The van der Waals surface area contributed by atoms with Crippen LogP contribution in [0.3, 0.4) is 0 Å². The second-order valence-electron chi connectivity index (χ2n) is 11.1. The largest absolute Gasteiger partial charge is 0.442 e. The van der Waals surface area contributed by atoms with Crippen molar-refractivity contribution in [2.45, 2.75) is 52.5 Å². The Bertz CT molecular complexity index is 1710. The highest BCUT2D eigenvalue weighted by Crippen LogP contribution is 2.33. The number of fused-ring (bicyclic) bond motifs is 1. The molecule has 1 aromatic carbocycles. The zero-order valence-electron chi connectivity index (χ0n) is 24.5. The average Bonchev–Trinajstić information content (AvgIpc) is 2.97. The number of aromatic nitrogens is 5. The summed E-state index contributed by atoms with van der Waals surface area (Å²) in [5.41, 5.74) is 1.32. The molecule has 3 aromatic heterocycles. The number of nitrogens with zero attached hydrogens (tertiary/aromatic N) is 7. The van der Waals surface area contributed by atoms with Crippen molar-refractivity contribution in [3.8, 4) is 16.9 Å². The molecule has 4 heterocycles. The minimum Gasteiger partial charge on any atom is -0.349 e. The lowest BCUT2D eigenvalue weighted by Crippen LogP contribution is -2.54. The Balaban J connectivity index is 1.88. The maximum Gasteiger partial charge on any atom is 0.442 e. The Kier molecular flexibility index (Phi) is 7.77. The highest BCUT2D eigenvalue weighted by atomic mass is 19.1. The number of carbonyl (C=O) groups excluding carboxylic acids is 1. The van der Waals surface area contributed by atoms with E-state index < -0.39 is 11.5 Å². The molecule has 42 heavy (non-hydrogen) atoms. The summed E-state index contributed by atoms with van der Waals surface area (Å²) >= 11 is 0. The van der Waals surface area contributed by atoms with E-state index in [-0.39, 0.29) is 46.3 Å². The predicted molar refractivity (Wildman–Crippen MR) is 157 cm³/mol. The summed E-state index contributed by atoms with van der Waals surface area (Å²) in [5, 5.41) is 12.0. The van der Waals surface area contributed by atoms with Crippen molar-refractivity contribution in [1.29, 1.82) is 0 Å². The van der Waals surface area contributed by atoms with Gasteiger partial charge >= 0.3 is 11.3 Å².